The summed E-state index contributed by atoms with van der Waals surface area (Å²) in [6.07, 6.45) is 3.52. The van der Waals surface area contributed by atoms with E-state index in [1.165, 1.54) is 30.4 Å². The topological polar surface area (TPSA) is 77.8 Å². The van der Waals surface area contributed by atoms with Gasteiger partial charge in [-0.1, -0.05) is 67.1 Å². The SMILES string of the molecule is O=C(O)CCC(=O)O.c1ccc(CN(Cc2ccccc2)C2CCC2)cc1. The third kappa shape index (κ3) is 8.05. The lowest BCUT2D eigenvalue weighted by molar-refractivity contribution is -0.143. The average molecular weight is 369 g/mol. The molecule has 0 atom stereocenters. The van der Waals surface area contributed by atoms with Gasteiger partial charge in [0.25, 0.3) is 0 Å². The van der Waals surface area contributed by atoms with Crippen molar-refractivity contribution < 1.29 is 19.8 Å². The van der Waals surface area contributed by atoms with E-state index < -0.39 is 11.9 Å². The average Bonchev–Trinajstić information content (AvgIpc) is 2.61. The van der Waals surface area contributed by atoms with Gasteiger partial charge < -0.3 is 10.2 Å². The number of carbonyl (C=O) groups is 2. The van der Waals surface area contributed by atoms with Gasteiger partial charge in [-0.25, -0.2) is 0 Å². The number of carboxylic acid groups (broad SMARTS) is 2. The summed E-state index contributed by atoms with van der Waals surface area (Å²) in [4.78, 5) is 21.9. The predicted molar refractivity (Wildman–Crippen MR) is 104 cm³/mol. The first kappa shape index (κ1) is 20.6. The Bertz CT molecular complexity index is 643. The van der Waals surface area contributed by atoms with Crippen molar-refractivity contribution in [1.29, 1.82) is 0 Å². The molecule has 1 aliphatic rings. The zero-order chi connectivity index (χ0) is 19.5. The van der Waals surface area contributed by atoms with Crippen LogP contribution in [0.4, 0.5) is 0 Å². The molecule has 1 fully saturated rings. The van der Waals surface area contributed by atoms with Crippen molar-refractivity contribution >= 4 is 11.9 Å². The Balaban J connectivity index is 0.000000279. The van der Waals surface area contributed by atoms with Gasteiger partial charge in [0, 0.05) is 19.1 Å². The zero-order valence-electron chi connectivity index (χ0n) is 15.5. The maximum absolute atomic E-state index is 9.64. The van der Waals surface area contributed by atoms with Crippen LogP contribution >= 0.6 is 0 Å². The predicted octanol–water partition coefficient (Wildman–Crippen LogP) is 4.18. The second kappa shape index (κ2) is 11.1. The van der Waals surface area contributed by atoms with E-state index in [1.807, 2.05) is 0 Å². The van der Waals surface area contributed by atoms with Crippen LogP contribution in [0.5, 0.6) is 0 Å². The molecule has 2 aromatic carbocycles. The quantitative estimate of drug-likeness (QED) is 0.730. The number of nitrogens with zero attached hydrogens (tertiary/aromatic N) is 1. The van der Waals surface area contributed by atoms with E-state index in [9.17, 15) is 9.59 Å². The van der Waals surface area contributed by atoms with Gasteiger partial charge in [0.05, 0.1) is 12.8 Å². The molecule has 0 saturated heterocycles. The van der Waals surface area contributed by atoms with Crippen LogP contribution < -0.4 is 0 Å². The maximum atomic E-state index is 9.64. The van der Waals surface area contributed by atoms with E-state index in [-0.39, 0.29) is 12.8 Å². The molecule has 2 aromatic rings. The molecular formula is C22H27NO4. The van der Waals surface area contributed by atoms with Crippen LogP contribution in [0.2, 0.25) is 0 Å². The van der Waals surface area contributed by atoms with Gasteiger partial charge in [0.2, 0.25) is 0 Å². The first-order chi connectivity index (χ1) is 13.0. The number of aliphatic carboxylic acids is 2. The molecule has 0 heterocycles. The van der Waals surface area contributed by atoms with Gasteiger partial charge in [-0.3, -0.25) is 14.5 Å². The molecule has 0 unspecified atom stereocenters. The highest BCUT2D eigenvalue weighted by Crippen LogP contribution is 2.27. The zero-order valence-corrected chi connectivity index (χ0v) is 15.5. The van der Waals surface area contributed by atoms with Crippen molar-refractivity contribution in [2.45, 2.75) is 51.2 Å². The molecule has 0 aliphatic heterocycles. The van der Waals surface area contributed by atoms with Crippen molar-refractivity contribution in [3.63, 3.8) is 0 Å². The monoisotopic (exact) mass is 369 g/mol. The third-order valence-corrected chi connectivity index (χ3v) is 4.60. The second-order valence-corrected chi connectivity index (χ2v) is 6.75. The lowest BCUT2D eigenvalue weighted by atomic mass is 9.90. The fourth-order valence-electron chi connectivity index (χ4n) is 2.92. The van der Waals surface area contributed by atoms with Crippen molar-refractivity contribution in [3.05, 3.63) is 71.8 Å². The molecule has 0 amide bonds. The van der Waals surface area contributed by atoms with Crippen LogP contribution in [0.25, 0.3) is 0 Å². The first-order valence-electron chi connectivity index (χ1n) is 9.30. The Kier molecular flexibility index (Phi) is 8.52. The fourth-order valence-corrected chi connectivity index (χ4v) is 2.92. The van der Waals surface area contributed by atoms with Crippen LogP contribution in [-0.4, -0.2) is 33.1 Å². The number of hydrogen-bond donors (Lipinski definition) is 2. The second-order valence-electron chi connectivity index (χ2n) is 6.75. The summed E-state index contributed by atoms with van der Waals surface area (Å²) in [5.41, 5.74) is 2.84. The lowest BCUT2D eigenvalue weighted by Crippen LogP contribution is -2.39. The van der Waals surface area contributed by atoms with Gasteiger partial charge >= 0.3 is 11.9 Å². The largest absolute Gasteiger partial charge is 0.481 e. The number of rotatable bonds is 8. The van der Waals surface area contributed by atoms with Gasteiger partial charge in [0.1, 0.15) is 0 Å². The molecule has 144 valence electrons. The van der Waals surface area contributed by atoms with Crippen LogP contribution in [-0.2, 0) is 22.7 Å². The molecule has 27 heavy (non-hydrogen) atoms. The molecule has 1 aliphatic carbocycles. The standard InChI is InChI=1S/C18H21N.C4H6O4/c1-3-8-16(9-4-1)14-19(18-12-7-13-18)15-17-10-5-2-6-11-17;5-3(6)1-2-4(7)8/h1-6,8-11,18H,7,12-15H2;1-2H2,(H,5,6)(H,7,8). The molecular weight excluding hydrogens is 342 g/mol. The van der Waals surface area contributed by atoms with E-state index in [1.54, 1.807) is 0 Å². The minimum absolute atomic E-state index is 0.296. The molecule has 2 N–H and O–H groups in total. The Morgan fingerprint density at radius 3 is 1.48 bits per heavy atom. The summed E-state index contributed by atoms with van der Waals surface area (Å²) < 4.78 is 0. The number of hydrogen-bond acceptors (Lipinski definition) is 3. The molecule has 5 heteroatoms. The Morgan fingerprint density at radius 1 is 0.778 bits per heavy atom. The highest BCUT2D eigenvalue weighted by atomic mass is 16.4. The smallest absolute Gasteiger partial charge is 0.303 e. The van der Waals surface area contributed by atoms with Gasteiger partial charge in [-0.2, -0.15) is 0 Å². The normalized spacial score (nSPS) is 13.4. The van der Waals surface area contributed by atoms with E-state index in [0.29, 0.717) is 0 Å². The Morgan fingerprint density at radius 2 is 1.19 bits per heavy atom. The number of benzene rings is 2. The lowest BCUT2D eigenvalue weighted by Gasteiger charge is -2.37. The minimum Gasteiger partial charge on any atom is -0.481 e. The van der Waals surface area contributed by atoms with Gasteiger partial charge in [-0.15, -0.1) is 0 Å². The van der Waals surface area contributed by atoms with Crippen molar-refractivity contribution in [3.8, 4) is 0 Å². The minimum atomic E-state index is -1.08. The van der Waals surface area contributed by atoms with E-state index in [4.69, 9.17) is 10.2 Å². The Hall–Kier alpha value is -2.66. The summed E-state index contributed by atoms with van der Waals surface area (Å²) in [7, 11) is 0. The summed E-state index contributed by atoms with van der Waals surface area (Å²) in [6.45, 7) is 2.14. The van der Waals surface area contributed by atoms with Crippen LogP contribution in [0.3, 0.4) is 0 Å². The molecule has 0 spiro atoms. The van der Waals surface area contributed by atoms with Crippen LogP contribution in [0.1, 0.15) is 43.2 Å². The van der Waals surface area contributed by atoms with Crippen molar-refractivity contribution in [2.24, 2.45) is 0 Å². The summed E-state index contributed by atoms with van der Waals surface area (Å²) >= 11 is 0. The summed E-state index contributed by atoms with van der Waals surface area (Å²) in [5, 5.41) is 15.8. The molecule has 0 bridgehead atoms. The van der Waals surface area contributed by atoms with Gasteiger partial charge in [-0.05, 0) is 24.0 Å². The van der Waals surface area contributed by atoms with E-state index >= 15 is 0 Å². The highest BCUT2D eigenvalue weighted by Gasteiger charge is 2.24. The van der Waals surface area contributed by atoms with Crippen LogP contribution in [0.15, 0.2) is 60.7 Å². The van der Waals surface area contributed by atoms with E-state index in [2.05, 4.69) is 65.6 Å². The summed E-state index contributed by atoms with van der Waals surface area (Å²) in [5.74, 6) is -2.15. The van der Waals surface area contributed by atoms with Gasteiger partial charge in [0.15, 0.2) is 0 Å². The van der Waals surface area contributed by atoms with E-state index in [0.717, 1.165) is 19.1 Å². The van der Waals surface area contributed by atoms with Crippen molar-refractivity contribution in [1.82, 2.24) is 4.90 Å². The Labute approximate surface area is 160 Å². The fraction of sp³-hybridized carbons (Fsp3) is 0.364. The van der Waals surface area contributed by atoms with Crippen molar-refractivity contribution in [2.75, 3.05) is 0 Å². The number of carboxylic acids is 2. The highest BCUT2D eigenvalue weighted by molar-refractivity contribution is 5.75. The maximum Gasteiger partial charge on any atom is 0.303 e. The first-order valence-corrected chi connectivity index (χ1v) is 9.30. The van der Waals surface area contributed by atoms with Crippen LogP contribution in [0, 0.1) is 0 Å². The summed E-state index contributed by atoms with van der Waals surface area (Å²) in [6, 6.07) is 22.4. The molecule has 5 nitrogen and oxygen atoms in total. The molecule has 3 rings (SSSR count). The molecule has 0 radical (unpaired) electrons. The molecule has 0 aromatic heterocycles. The molecule has 1 saturated carbocycles. The third-order valence-electron chi connectivity index (χ3n) is 4.60.